The number of methoxy groups -OCH3 is 1. The predicted molar refractivity (Wildman–Crippen MR) is 91.6 cm³/mol. The largest absolute Gasteiger partial charge is 0.464 e. The normalized spacial score (nSPS) is 15.0. The Labute approximate surface area is 145 Å². The number of carbonyl (C=O) groups excluding carboxylic acids is 2. The summed E-state index contributed by atoms with van der Waals surface area (Å²) in [5.41, 5.74) is 8.03. The SMILES string of the molecule is COC(=O)c1c(N)c(C#N)cn1-c1ccc2c(c1)C(=O)NCC2(C)C. The van der Waals surface area contributed by atoms with Crippen LogP contribution in [0.2, 0.25) is 0 Å². The van der Waals surface area contributed by atoms with Gasteiger partial charge < -0.3 is 20.4 Å². The molecular weight excluding hydrogens is 320 g/mol. The lowest BCUT2D eigenvalue weighted by molar-refractivity contribution is 0.0593. The minimum atomic E-state index is -0.651. The number of nitrogen functional groups attached to an aromatic ring is 1. The fourth-order valence-electron chi connectivity index (χ4n) is 3.07. The van der Waals surface area contributed by atoms with Gasteiger partial charge >= 0.3 is 5.97 Å². The Bertz CT molecular complexity index is 935. The zero-order valence-corrected chi connectivity index (χ0v) is 14.2. The van der Waals surface area contributed by atoms with Gasteiger partial charge in [-0.05, 0) is 17.7 Å². The summed E-state index contributed by atoms with van der Waals surface area (Å²) < 4.78 is 6.26. The van der Waals surface area contributed by atoms with Crippen LogP contribution in [0.15, 0.2) is 24.4 Å². The molecule has 0 spiro atoms. The molecule has 0 unspecified atom stereocenters. The molecule has 0 fully saturated rings. The van der Waals surface area contributed by atoms with Crippen LogP contribution >= 0.6 is 0 Å². The van der Waals surface area contributed by atoms with Crippen LogP contribution in [0.4, 0.5) is 5.69 Å². The van der Waals surface area contributed by atoms with E-state index in [1.54, 1.807) is 12.1 Å². The van der Waals surface area contributed by atoms with Crippen LogP contribution in [0.3, 0.4) is 0 Å². The first-order chi connectivity index (χ1) is 11.8. The summed E-state index contributed by atoms with van der Waals surface area (Å²) >= 11 is 0. The molecule has 2 heterocycles. The lowest BCUT2D eigenvalue weighted by Crippen LogP contribution is -2.43. The Kier molecular flexibility index (Phi) is 3.76. The molecule has 3 rings (SSSR count). The number of nitrogens with one attached hydrogen (secondary N) is 1. The number of nitrogens with zero attached hydrogens (tertiary/aromatic N) is 2. The van der Waals surface area contributed by atoms with Gasteiger partial charge in [-0.2, -0.15) is 5.26 Å². The zero-order valence-electron chi connectivity index (χ0n) is 14.2. The zero-order chi connectivity index (χ0) is 18.4. The van der Waals surface area contributed by atoms with Crippen LogP contribution in [0, 0.1) is 11.3 Å². The van der Waals surface area contributed by atoms with Crippen LogP contribution in [-0.4, -0.2) is 30.1 Å². The van der Waals surface area contributed by atoms with Crippen LogP contribution < -0.4 is 11.1 Å². The molecule has 1 aromatic carbocycles. The smallest absolute Gasteiger partial charge is 0.357 e. The highest BCUT2D eigenvalue weighted by atomic mass is 16.5. The summed E-state index contributed by atoms with van der Waals surface area (Å²) in [6, 6.07) is 7.31. The highest BCUT2D eigenvalue weighted by Crippen LogP contribution is 2.32. The number of hydrogen-bond donors (Lipinski definition) is 2. The predicted octanol–water partition coefficient (Wildman–Crippen LogP) is 1.74. The second-order valence-electron chi connectivity index (χ2n) is 6.57. The average Bonchev–Trinajstić information content (AvgIpc) is 2.94. The summed E-state index contributed by atoms with van der Waals surface area (Å²) in [6.07, 6.45) is 1.47. The van der Waals surface area contributed by atoms with Gasteiger partial charge in [-0.15, -0.1) is 0 Å². The van der Waals surface area contributed by atoms with E-state index in [4.69, 9.17) is 10.5 Å². The summed E-state index contributed by atoms with van der Waals surface area (Å²) in [5, 5.41) is 12.1. The number of nitriles is 1. The van der Waals surface area contributed by atoms with Crippen LogP contribution in [0.1, 0.15) is 45.8 Å². The van der Waals surface area contributed by atoms with Crippen molar-refractivity contribution < 1.29 is 14.3 Å². The third kappa shape index (κ3) is 2.52. The summed E-state index contributed by atoms with van der Waals surface area (Å²) in [5.74, 6) is -0.821. The topological polar surface area (TPSA) is 110 Å². The third-order valence-electron chi connectivity index (χ3n) is 4.49. The first kappa shape index (κ1) is 16.6. The second kappa shape index (κ2) is 5.67. The molecule has 0 saturated heterocycles. The lowest BCUT2D eigenvalue weighted by atomic mass is 9.79. The molecular formula is C18H18N4O3. The molecule has 7 heteroatoms. The van der Waals surface area contributed by atoms with Crippen molar-refractivity contribution in [1.29, 1.82) is 5.26 Å². The number of amides is 1. The standard InChI is InChI=1S/C18H18N4O3/c1-18(2)9-21-16(23)12-6-11(4-5-13(12)18)22-8-10(7-19)14(20)15(22)17(24)25-3/h4-6,8H,9,20H2,1-3H3,(H,21,23). The molecule has 0 aliphatic carbocycles. The van der Waals surface area contributed by atoms with Gasteiger partial charge in [-0.25, -0.2) is 4.79 Å². The van der Waals surface area contributed by atoms with Gasteiger partial charge in [0.1, 0.15) is 6.07 Å². The van der Waals surface area contributed by atoms with E-state index in [2.05, 4.69) is 5.32 Å². The van der Waals surface area contributed by atoms with Crippen molar-refractivity contribution in [2.45, 2.75) is 19.3 Å². The van der Waals surface area contributed by atoms with Crippen LogP contribution in [0.5, 0.6) is 0 Å². The molecule has 0 radical (unpaired) electrons. The van der Waals surface area contributed by atoms with E-state index in [0.29, 0.717) is 17.8 Å². The molecule has 0 saturated carbocycles. The number of benzene rings is 1. The van der Waals surface area contributed by atoms with Crippen molar-refractivity contribution >= 4 is 17.6 Å². The molecule has 128 valence electrons. The van der Waals surface area contributed by atoms with Gasteiger partial charge in [0.05, 0.1) is 18.4 Å². The maximum absolute atomic E-state index is 12.3. The third-order valence-corrected chi connectivity index (χ3v) is 4.49. The quantitative estimate of drug-likeness (QED) is 0.810. The molecule has 7 nitrogen and oxygen atoms in total. The molecule has 3 N–H and O–H groups in total. The van der Waals surface area contributed by atoms with E-state index in [1.807, 2.05) is 26.0 Å². The summed E-state index contributed by atoms with van der Waals surface area (Å²) in [7, 11) is 1.24. The Morgan fingerprint density at radius 2 is 2.16 bits per heavy atom. The monoisotopic (exact) mass is 338 g/mol. The fraction of sp³-hybridized carbons (Fsp3) is 0.278. The van der Waals surface area contributed by atoms with E-state index < -0.39 is 5.97 Å². The van der Waals surface area contributed by atoms with E-state index in [9.17, 15) is 14.9 Å². The Morgan fingerprint density at radius 3 is 2.80 bits per heavy atom. The average molecular weight is 338 g/mol. The van der Waals surface area contributed by atoms with Gasteiger partial charge in [0.25, 0.3) is 5.91 Å². The van der Waals surface area contributed by atoms with Crippen LogP contribution in [-0.2, 0) is 10.2 Å². The number of carbonyl (C=O) groups is 2. The molecule has 1 aliphatic heterocycles. The molecule has 1 aromatic heterocycles. The van der Waals surface area contributed by atoms with E-state index >= 15 is 0 Å². The number of aromatic nitrogens is 1. The number of anilines is 1. The Balaban J connectivity index is 2.22. The summed E-state index contributed by atoms with van der Waals surface area (Å²) in [4.78, 5) is 24.4. The number of nitrogens with two attached hydrogens (primary N) is 1. The molecule has 2 aromatic rings. The highest BCUT2D eigenvalue weighted by Gasteiger charge is 2.32. The summed E-state index contributed by atoms with van der Waals surface area (Å²) in [6.45, 7) is 4.65. The van der Waals surface area contributed by atoms with Crippen molar-refractivity contribution in [3.63, 3.8) is 0 Å². The molecule has 1 amide bonds. The van der Waals surface area contributed by atoms with E-state index in [1.165, 1.54) is 17.9 Å². The van der Waals surface area contributed by atoms with Crippen molar-refractivity contribution in [1.82, 2.24) is 9.88 Å². The van der Waals surface area contributed by atoms with Crippen molar-refractivity contribution in [3.8, 4) is 11.8 Å². The lowest BCUT2D eigenvalue weighted by Gasteiger charge is -2.32. The second-order valence-corrected chi connectivity index (χ2v) is 6.57. The molecule has 1 aliphatic rings. The van der Waals surface area contributed by atoms with Gasteiger partial charge in [0.15, 0.2) is 5.69 Å². The van der Waals surface area contributed by atoms with Gasteiger partial charge in [-0.1, -0.05) is 19.9 Å². The van der Waals surface area contributed by atoms with Gasteiger partial charge in [-0.3, -0.25) is 4.79 Å². The van der Waals surface area contributed by atoms with E-state index in [-0.39, 0.29) is 28.3 Å². The van der Waals surface area contributed by atoms with Crippen LogP contribution in [0.25, 0.3) is 5.69 Å². The number of ether oxygens (including phenoxy) is 1. The maximum atomic E-state index is 12.3. The van der Waals surface area contributed by atoms with E-state index in [0.717, 1.165) is 5.56 Å². The highest BCUT2D eigenvalue weighted by molar-refractivity contribution is 5.99. The maximum Gasteiger partial charge on any atom is 0.357 e. The van der Waals surface area contributed by atoms with Crippen molar-refractivity contribution in [2.24, 2.45) is 0 Å². The number of hydrogen-bond acceptors (Lipinski definition) is 5. The Hall–Kier alpha value is -3.27. The number of rotatable bonds is 2. The first-order valence-corrected chi connectivity index (χ1v) is 7.72. The molecule has 0 atom stereocenters. The Morgan fingerprint density at radius 1 is 1.44 bits per heavy atom. The van der Waals surface area contributed by atoms with Crippen molar-refractivity contribution in [3.05, 3.63) is 46.8 Å². The van der Waals surface area contributed by atoms with Crippen molar-refractivity contribution in [2.75, 3.05) is 19.4 Å². The molecule has 25 heavy (non-hydrogen) atoms. The minimum absolute atomic E-state index is 0.0526. The van der Waals surface area contributed by atoms with Gasteiger partial charge in [0, 0.05) is 29.4 Å². The molecule has 0 bridgehead atoms. The number of fused-ring (bicyclic) bond motifs is 1. The fourth-order valence-corrected chi connectivity index (χ4v) is 3.07. The van der Waals surface area contributed by atoms with Gasteiger partial charge in [0.2, 0.25) is 0 Å². The number of esters is 1. The first-order valence-electron chi connectivity index (χ1n) is 7.72. The minimum Gasteiger partial charge on any atom is -0.464 e.